The molecular weight excluding hydrogens is 306 g/mol. The molecule has 0 aliphatic carbocycles. The summed E-state index contributed by atoms with van der Waals surface area (Å²) in [7, 11) is 0. The van der Waals surface area contributed by atoms with Crippen LogP contribution in [0.1, 0.15) is 75.5 Å². The number of aryl methyl sites for hydroxylation is 1. The predicted octanol–water partition coefficient (Wildman–Crippen LogP) is 7.35. The predicted molar refractivity (Wildman–Crippen MR) is 103 cm³/mol. The third kappa shape index (κ3) is 2.74. The molecule has 120 valence electrons. The van der Waals surface area contributed by atoms with Crippen LogP contribution in [0.3, 0.4) is 0 Å². The molecule has 1 nitrogen and oxygen atoms in total. The summed E-state index contributed by atoms with van der Waals surface area (Å²) in [6.45, 7) is 12.7. The van der Waals surface area contributed by atoms with Gasteiger partial charge in [0.1, 0.15) is 0 Å². The van der Waals surface area contributed by atoms with Gasteiger partial charge in [-0.2, -0.15) is 0 Å². The van der Waals surface area contributed by atoms with Gasteiger partial charge in [-0.1, -0.05) is 47.5 Å². The number of nitrogens with zero attached hydrogens (tertiary/aromatic N) is 1. The van der Waals surface area contributed by atoms with E-state index in [4.69, 9.17) is 0 Å². The standard InChI is InChI=1S/C19H27NS2/c1-6-7-8-9-20-14-10-16(12(2)3)21-18(14)19-15(20)11-17(22-19)13(4)5/h10-13H,6-9H2,1-5H3. The van der Waals surface area contributed by atoms with E-state index in [-0.39, 0.29) is 0 Å². The minimum Gasteiger partial charge on any atom is -0.339 e. The zero-order chi connectivity index (χ0) is 15.9. The van der Waals surface area contributed by atoms with E-state index in [2.05, 4.69) is 51.3 Å². The van der Waals surface area contributed by atoms with Gasteiger partial charge in [0.2, 0.25) is 0 Å². The zero-order valence-corrected chi connectivity index (χ0v) is 16.0. The average Bonchev–Trinajstić information content (AvgIpc) is 3.11. The number of thiophene rings is 2. The number of rotatable bonds is 6. The van der Waals surface area contributed by atoms with E-state index in [0.29, 0.717) is 11.8 Å². The van der Waals surface area contributed by atoms with Crippen LogP contribution >= 0.6 is 22.7 Å². The van der Waals surface area contributed by atoms with Gasteiger partial charge in [0.15, 0.2) is 0 Å². The lowest BCUT2D eigenvalue weighted by molar-refractivity contribution is 0.627. The Morgan fingerprint density at radius 3 is 1.77 bits per heavy atom. The third-order valence-electron chi connectivity index (χ3n) is 4.37. The maximum atomic E-state index is 2.59. The van der Waals surface area contributed by atoms with Crippen molar-refractivity contribution in [1.82, 2.24) is 4.57 Å². The second-order valence-corrected chi connectivity index (χ2v) is 9.06. The summed E-state index contributed by atoms with van der Waals surface area (Å²) in [5.74, 6) is 1.25. The van der Waals surface area contributed by atoms with E-state index >= 15 is 0 Å². The Morgan fingerprint density at radius 1 is 0.864 bits per heavy atom. The lowest BCUT2D eigenvalue weighted by Gasteiger charge is -2.06. The van der Waals surface area contributed by atoms with Crippen molar-refractivity contribution in [3.8, 4) is 0 Å². The van der Waals surface area contributed by atoms with Crippen LogP contribution < -0.4 is 0 Å². The molecule has 0 bridgehead atoms. The lowest BCUT2D eigenvalue weighted by Crippen LogP contribution is -1.96. The molecule has 3 aromatic heterocycles. The molecule has 0 aromatic carbocycles. The molecule has 22 heavy (non-hydrogen) atoms. The van der Waals surface area contributed by atoms with Crippen LogP contribution in [-0.4, -0.2) is 4.57 Å². The van der Waals surface area contributed by atoms with Crippen molar-refractivity contribution in [3.05, 3.63) is 21.9 Å². The molecule has 0 radical (unpaired) electrons. The van der Waals surface area contributed by atoms with Gasteiger partial charge < -0.3 is 4.57 Å². The fraction of sp³-hybridized carbons (Fsp3) is 0.579. The first kappa shape index (κ1) is 16.1. The van der Waals surface area contributed by atoms with Crippen LogP contribution in [0.15, 0.2) is 12.1 Å². The topological polar surface area (TPSA) is 4.93 Å². The summed E-state index contributed by atoms with van der Waals surface area (Å²) in [5, 5.41) is 0. The Morgan fingerprint density at radius 2 is 1.36 bits per heavy atom. The molecule has 0 unspecified atom stereocenters. The van der Waals surface area contributed by atoms with Crippen LogP contribution in [-0.2, 0) is 6.54 Å². The van der Waals surface area contributed by atoms with Gasteiger partial charge in [-0.05, 0) is 30.4 Å². The normalized spacial score (nSPS) is 12.5. The largest absolute Gasteiger partial charge is 0.339 e. The monoisotopic (exact) mass is 333 g/mol. The maximum absolute atomic E-state index is 2.59. The summed E-state index contributed by atoms with van der Waals surface area (Å²) in [6, 6.07) is 4.89. The summed E-state index contributed by atoms with van der Waals surface area (Å²) >= 11 is 4.02. The molecule has 3 heteroatoms. The van der Waals surface area contributed by atoms with Gasteiger partial charge in [-0.25, -0.2) is 0 Å². The highest BCUT2D eigenvalue weighted by molar-refractivity contribution is 7.27. The van der Waals surface area contributed by atoms with E-state index in [1.165, 1.54) is 49.5 Å². The quantitative estimate of drug-likeness (QED) is 0.415. The highest BCUT2D eigenvalue weighted by atomic mass is 32.1. The molecule has 0 N–H and O–H groups in total. The molecule has 0 aliphatic heterocycles. The van der Waals surface area contributed by atoms with Crippen molar-refractivity contribution in [2.24, 2.45) is 0 Å². The molecule has 3 rings (SSSR count). The fourth-order valence-corrected chi connectivity index (χ4v) is 5.46. The van der Waals surface area contributed by atoms with E-state index in [1.807, 2.05) is 22.7 Å². The van der Waals surface area contributed by atoms with E-state index < -0.39 is 0 Å². The first-order valence-electron chi connectivity index (χ1n) is 8.58. The molecular formula is C19H27NS2. The number of aromatic nitrogens is 1. The Bertz CT molecular complexity index is 710. The van der Waals surface area contributed by atoms with Gasteiger partial charge >= 0.3 is 0 Å². The second kappa shape index (κ2) is 6.37. The SMILES string of the molecule is CCCCCn1c2cc(C(C)C)sc2c2sc(C(C)C)cc21. The van der Waals surface area contributed by atoms with Gasteiger partial charge in [-0.3, -0.25) is 0 Å². The molecule has 3 aromatic rings. The smallest absolute Gasteiger partial charge is 0.0703 e. The van der Waals surface area contributed by atoms with Crippen LogP contribution in [0.2, 0.25) is 0 Å². The van der Waals surface area contributed by atoms with Gasteiger partial charge in [-0.15, -0.1) is 22.7 Å². The molecule has 0 amide bonds. The van der Waals surface area contributed by atoms with Crippen molar-refractivity contribution in [2.75, 3.05) is 0 Å². The van der Waals surface area contributed by atoms with Gasteiger partial charge in [0.25, 0.3) is 0 Å². The number of hydrogen-bond acceptors (Lipinski definition) is 2. The first-order valence-corrected chi connectivity index (χ1v) is 10.2. The maximum Gasteiger partial charge on any atom is 0.0703 e. The number of unbranched alkanes of at least 4 members (excludes halogenated alkanes) is 2. The number of hydrogen-bond donors (Lipinski definition) is 0. The van der Waals surface area contributed by atoms with Gasteiger partial charge in [0, 0.05) is 16.3 Å². The van der Waals surface area contributed by atoms with E-state index in [1.54, 1.807) is 0 Å². The summed E-state index contributed by atoms with van der Waals surface area (Å²) in [4.78, 5) is 3.05. The summed E-state index contributed by atoms with van der Waals surface area (Å²) in [5.41, 5.74) is 2.95. The van der Waals surface area contributed by atoms with E-state index in [9.17, 15) is 0 Å². The molecule has 0 saturated carbocycles. The van der Waals surface area contributed by atoms with Crippen LogP contribution in [0.25, 0.3) is 20.4 Å². The van der Waals surface area contributed by atoms with Crippen molar-refractivity contribution in [2.45, 2.75) is 72.3 Å². The Hall–Kier alpha value is -0.800. The molecule has 3 heterocycles. The van der Waals surface area contributed by atoms with Crippen molar-refractivity contribution >= 4 is 43.1 Å². The highest BCUT2D eigenvalue weighted by Gasteiger charge is 2.18. The van der Waals surface area contributed by atoms with Crippen LogP contribution in [0.5, 0.6) is 0 Å². The summed E-state index contributed by atoms with van der Waals surface area (Å²) in [6.07, 6.45) is 3.90. The Labute approximate surface area is 142 Å². The highest BCUT2D eigenvalue weighted by Crippen LogP contribution is 2.43. The fourth-order valence-electron chi connectivity index (χ4n) is 2.99. The third-order valence-corrected chi connectivity index (χ3v) is 7.39. The van der Waals surface area contributed by atoms with Gasteiger partial charge in [0.05, 0.1) is 20.4 Å². The molecule has 0 atom stereocenters. The van der Waals surface area contributed by atoms with Crippen LogP contribution in [0.4, 0.5) is 0 Å². The average molecular weight is 334 g/mol. The molecule has 0 spiro atoms. The second-order valence-electron chi connectivity index (χ2n) is 6.89. The van der Waals surface area contributed by atoms with Crippen LogP contribution in [0, 0.1) is 0 Å². The van der Waals surface area contributed by atoms with E-state index in [0.717, 1.165) is 6.54 Å². The summed E-state index contributed by atoms with van der Waals surface area (Å²) < 4.78 is 5.63. The zero-order valence-electron chi connectivity index (χ0n) is 14.4. The number of fused-ring (bicyclic) bond motifs is 3. The minimum absolute atomic E-state index is 0.626. The molecule has 0 aliphatic rings. The van der Waals surface area contributed by atoms with Crippen molar-refractivity contribution < 1.29 is 0 Å². The Kier molecular flexibility index (Phi) is 4.65. The molecule has 0 fully saturated rings. The first-order chi connectivity index (χ1) is 10.5. The Balaban J connectivity index is 2.15. The van der Waals surface area contributed by atoms with Crippen molar-refractivity contribution in [1.29, 1.82) is 0 Å². The lowest BCUT2D eigenvalue weighted by atomic mass is 10.2. The minimum atomic E-state index is 0.626. The van der Waals surface area contributed by atoms with Crippen molar-refractivity contribution in [3.63, 3.8) is 0 Å². The molecule has 0 saturated heterocycles.